The van der Waals surface area contributed by atoms with Crippen LogP contribution in [0.2, 0.25) is 10.0 Å². The van der Waals surface area contributed by atoms with Gasteiger partial charge in [0.05, 0.1) is 16.3 Å². The van der Waals surface area contributed by atoms with E-state index >= 15 is 0 Å². The van der Waals surface area contributed by atoms with Crippen LogP contribution >= 0.6 is 23.2 Å². The number of carbonyl (C=O) groups excluding carboxylic acids is 2. The lowest BCUT2D eigenvalue weighted by Crippen LogP contribution is -2.35. The fourth-order valence-corrected chi connectivity index (χ4v) is 1.89. The van der Waals surface area contributed by atoms with Crippen molar-refractivity contribution in [3.05, 3.63) is 27.7 Å². The molecule has 0 unspecified atom stereocenters. The molecule has 0 spiro atoms. The van der Waals surface area contributed by atoms with Crippen molar-refractivity contribution < 1.29 is 14.3 Å². The zero-order valence-electron chi connectivity index (χ0n) is 10.7. The summed E-state index contributed by atoms with van der Waals surface area (Å²) in [5, 5.41) is 0.420. The zero-order valence-corrected chi connectivity index (χ0v) is 12.2. The second-order valence-corrected chi connectivity index (χ2v) is 4.97. The van der Waals surface area contributed by atoms with E-state index in [1.807, 2.05) is 0 Å². The van der Waals surface area contributed by atoms with Crippen LogP contribution < -0.4 is 5.73 Å². The van der Waals surface area contributed by atoms with Gasteiger partial charge in [0.25, 0.3) is 5.91 Å². The first-order chi connectivity index (χ1) is 8.73. The van der Waals surface area contributed by atoms with Gasteiger partial charge in [-0.3, -0.25) is 4.79 Å². The molecule has 1 amide bonds. The normalized spacial score (nSPS) is 11.8. The van der Waals surface area contributed by atoms with Crippen molar-refractivity contribution in [1.82, 2.24) is 4.90 Å². The molecule has 5 nitrogen and oxygen atoms in total. The van der Waals surface area contributed by atoms with Crippen LogP contribution in [0.25, 0.3) is 0 Å². The van der Waals surface area contributed by atoms with Crippen molar-refractivity contribution in [1.29, 1.82) is 0 Å². The monoisotopic (exact) mass is 304 g/mol. The number of ether oxygens (including phenoxy) is 1. The van der Waals surface area contributed by atoms with Gasteiger partial charge < -0.3 is 15.4 Å². The highest BCUT2D eigenvalue weighted by Gasteiger charge is 2.22. The summed E-state index contributed by atoms with van der Waals surface area (Å²) in [6, 6.07) is 2.77. The summed E-state index contributed by atoms with van der Waals surface area (Å²) >= 11 is 11.6. The Hall–Kier alpha value is -1.46. The van der Waals surface area contributed by atoms with E-state index in [1.54, 1.807) is 14.1 Å². The second-order valence-electron chi connectivity index (χ2n) is 4.13. The molecule has 0 aliphatic rings. The molecule has 19 heavy (non-hydrogen) atoms. The first-order valence-corrected chi connectivity index (χ1v) is 6.16. The van der Waals surface area contributed by atoms with E-state index in [-0.39, 0.29) is 27.2 Å². The highest BCUT2D eigenvalue weighted by atomic mass is 35.5. The number of amides is 1. The fraction of sp³-hybridized carbons (Fsp3) is 0.333. The van der Waals surface area contributed by atoms with Crippen molar-refractivity contribution in [2.75, 3.05) is 19.8 Å². The Morgan fingerprint density at radius 1 is 1.32 bits per heavy atom. The van der Waals surface area contributed by atoms with Crippen molar-refractivity contribution in [3.63, 3.8) is 0 Å². The van der Waals surface area contributed by atoms with Crippen molar-refractivity contribution in [3.8, 4) is 0 Å². The Balaban J connectivity index is 2.93. The Bertz CT molecular complexity index is 518. The number of anilines is 1. The molecule has 0 fully saturated rings. The zero-order chi connectivity index (χ0) is 14.7. The topological polar surface area (TPSA) is 72.6 Å². The van der Waals surface area contributed by atoms with Crippen LogP contribution in [0.4, 0.5) is 5.69 Å². The SMILES string of the molecule is C[C@H](OC(=O)c1cc(Cl)cc(Cl)c1N)C(=O)N(C)C. The summed E-state index contributed by atoms with van der Waals surface area (Å²) in [6.07, 6.45) is -0.917. The number of carbonyl (C=O) groups is 2. The largest absolute Gasteiger partial charge is 0.449 e. The van der Waals surface area contributed by atoms with Crippen LogP contribution in [0.5, 0.6) is 0 Å². The lowest BCUT2D eigenvalue weighted by Gasteiger charge is -2.17. The van der Waals surface area contributed by atoms with Gasteiger partial charge in [-0.25, -0.2) is 4.79 Å². The predicted octanol–water partition coefficient (Wildman–Crippen LogP) is 2.21. The Labute approximate surface area is 121 Å². The average Bonchev–Trinajstić information content (AvgIpc) is 2.32. The molecule has 7 heteroatoms. The minimum absolute atomic E-state index is 0.0379. The molecule has 0 aromatic heterocycles. The summed E-state index contributed by atoms with van der Waals surface area (Å²) in [4.78, 5) is 24.8. The van der Waals surface area contributed by atoms with Gasteiger partial charge in [-0.15, -0.1) is 0 Å². The maximum Gasteiger partial charge on any atom is 0.341 e. The van der Waals surface area contributed by atoms with E-state index in [9.17, 15) is 9.59 Å². The quantitative estimate of drug-likeness (QED) is 0.686. The molecule has 1 atom stereocenters. The first kappa shape index (κ1) is 15.6. The van der Waals surface area contributed by atoms with Crippen molar-refractivity contribution in [2.24, 2.45) is 0 Å². The molecule has 2 N–H and O–H groups in total. The molecule has 1 aromatic rings. The standard InChI is InChI=1S/C12H14Cl2N2O3/c1-6(11(17)16(2)3)19-12(18)8-4-7(13)5-9(14)10(8)15/h4-6H,15H2,1-3H3/t6-/m0/s1. The summed E-state index contributed by atoms with van der Waals surface area (Å²) in [5.74, 6) is -1.08. The van der Waals surface area contributed by atoms with Gasteiger partial charge in [-0.1, -0.05) is 23.2 Å². The van der Waals surface area contributed by atoms with Crippen molar-refractivity contribution >= 4 is 40.8 Å². The number of nitrogen functional groups attached to an aromatic ring is 1. The lowest BCUT2D eigenvalue weighted by atomic mass is 10.2. The minimum atomic E-state index is -0.917. The van der Waals surface area contributed by atoms with Crippen LogP contribution in [0.3, 0.4) is 0 Å². The third kappa shape index (κ3) is 3.75. The van der Waals surface area contributed by atoms with Crippen LogP contribution in [0, 0.1) is 0 Å². The van der Waals surface area contributed by atoms with Crippen LogP contribution in [0.15, 0.2) is 12.1 Å². The molecule has 0 saturated carbocycles. The van der Waals surface area contributed by atoms with Gasteiger partial charge in [0, 0.05) is 19.1 Å². The van der Waals surface area contributed by atoms with Gasteiger partial charge in [-0.2, -0.15) is 0 Å². The highest BCUT2D eigenvalue weighted by molar-refractivity contribution is 6.37. The number of rotatable bonds is 3. The summed E-state index contributed by atoms with van der Waals surface area (Å²) in [6.45, 7) is 1.47. The van der Waals surface area contributed by atoms with E-state index in [0.29, 0.717) is 0 Å². The Kier molecular flexibility index (Phi) is 5.03. The molecule has 1 aromatic carbocycles. The number of hydrogen-bond donors (Lipinski definition) is 1. The predicted molar refractivity (Wildman–Crippen MR) is 74.4 cm³/mol. The van der Waals surface area contributed by atoms with Crippen molar-refractivity contribution in [2.45, 2.75) is 13.0 Å². The second kappa shape index (κ2) is 6.12. The highest BCUT2D eigenvalue weighted by Crippen LogP contribution is 2.28. The number of benzene rings is 1. The van der Waals surface area contributed by atoms with Gasteiger partial charge in [-0.05, 0) is 19.1 Å². The number of likely N-dealkylation sites (N-methyl/N-ethyl adjacent to an activating group) is 1. The fourth-order valence-electron chi connectivity index (χ4n) is 1.39. The van der Waals surface area contributed by atoms with Crippen LogP contribution in [-0.4, -0.2) is 37.0 Å². The number of esters is 1. The van der Waals surface area contributed by atoms with Gasteiger partial charge in [0.2, 0.25) is 0 Å². The molecular weight excluding hydrogens is 291 g/mol. The maximum atomic E-state index is 11.9. The molecule has 0 aliphatic carbocycles. The molecule has 0 bridgehead atoms. The Morgan fingerprint density at radius 2 is 1.89 bits per heavy atom. The molecule has 0 heterocycles. The summed E-state index contributed by atoms with van der Waals surface area (Å²) in [7, 11) is 3.13. The third-order valence-electron chi connectivity index (χ3n) is 2.39. The number of nitrogens with two attached hydrogens (primary N) is 1. The first-order valence-electron chi connectivity index (χ1n) is 5.40. The Morgan fingerprint density at radius 3 is 2.42 bits per heavy atom. The molecule has 0 saturated heterocycles. The molecule has 104 valence electrons. The smallest absolute Gasteiger partial charge is 0.341 e. The van der Waals surface area contributed by atoms with Crippen LogP contribution in [0.1, 0.15) is 17.3 Å². The van der Waals surface area contributed by atoms with E-state index in [0.717, 1.165) is 0 Å². The summed E-state index contributed by atoms with van der Waals surface area (Å²) in [5.41, 5.74) is 5.79. The van der Waals surface area contributed by atoms with Gasteiger partial charge >= 0.3 is 5.97 Å². The third-order valence-corrected chi connectivity index (χ3v) is 2.92. The number of halogens is 2. The molecule has 0 radical (unpaired) electrons. The van der Waals surface area contributed by atoms with E-state index in [1.165, 1.54) is 24.0 Å². The van der Waals surface area contributed by atoms with E-state index < -0.39 is 12.1 Å². The molecule has 0 aliphatic heterocycles. The number of nitrogens with zero attached hydrogens (tertiary/aromatic N) is 1. The van der Waals surface area contributed by atoms with Gasteiger partial charge in [0.15, 0.2) is 6.10 Å². The maximum absolute atomic E-state index is 11.9. The molecule has 1 rings (SSSR count). The lowest BCUT2D eigenvalue weighted by molar-refractivity contribution is -0.137. The van der Waals surface area contributed by atoms with E-state index in [4.69, 9.17) is 33.7 Å². The van der Waals surface area contributed by atoms with Crippen LogP contribution in [-0.2, 0) is 9.53 Å². The molecular formula is C12H14Cl2N2O3. The van der Waals surface area contributed by atoms with Gasteiger partial charge in [0.1, 0.15) is 0 Å². The van der Waals surface area contributed by atoms with E-state index in [2.05, 4.69) is 0 Å². The summed E-state index contributed by atoms with van der Waals surface area (Å²) < 4.78 is 5.02. The minimum Gasteiger partial charge on any atom is -0.449 e. The average molecular weight is 305 g/mol. The number of hydrogen-bond acceptors (Lipinski definition) is 4.